The van der Waals surface area contributed by atoms with Crippen molar-refractivity contribution in [2.24, 2.45) is 5.10 Å². The first-order chi connectivity index (χ1) is 13.0. The van der Waals surface area contributed by atoms with Crippen LogP contribution in [0.1, 0.15) is 15.9 Å². The van der Waals surface area contributed by atoms with Crippen LogP contribution in [0.25, 0.3) is 10.9 Å². The van der Waals surface area contributed by atoms with Crippen LogP contribution in [-0.2, 0) is 4.79 Å². The van der Waals surface area contributed by atoms with Crippen LogP contribution in [0, 0.1) is 3.57 Å². The lowest BCUT2D eigenvalue weighted by molar-refractivity contribution is -0.120. The lowest BCUT2D eigenvalue weighted by Gasteiger charge is -2.05. The van der Waals surface area contributed by atoms with E-state index in [-0.39, 0.29) is 18.0 Å². The summed E-state index contributed by atoms with van der Waals surface area (Å²) in [5.74, 6) is -0.840. The Bertz CT molecular complexity index is 1090. The minimum atomic E-state index is -0.497. The Morgan fingerprint density at radius 2 is 1.85 bits per heavy atom. The normalized spacial score (nSPS) is 10.9. The van der Waals surface area contributed by atoms with Crippen molar-refractivity contribution < 1.29 is 9.59 Å². The summed E-state index contributed by atoms with van der Waals surface area (Å²) >= 11 is 2.05. The summed E-state index contributed by atoms with van der Waals surface area (Å²) in [5.41, 5.74) is 3.52. The van der Waals surface area contributed by atoms with E-state index >= 15 is 0 Å². The second-order valence-corrected chi connectivity index (χ2v) is 6.76. The number of benzene rings is 2. The summed E-state index contributed by atoms with van der Waals surface area (Å²) in [4.78, 5) is 38.6. The van der Waals surface area contributed by atoms with E-state index in [0.717, 1.165) is 14.5 Å². The van der Waals surface area contributed by atoms with E-state index < -0.39 is 5.91 Å². The molecule has 7 nitrogen and oxygen atoms in total. The smallest absolute Gasteiger partial charge is 0.259 e. The minimum absolute atomic E-state index is 0.227. The average molecular weight is 474 g/mol. The highest BCUT2D eigenvalue weighted by atomic mass is 127. The van der Waals surface area contributed by atoms with Gasteiger partial charge in [0.2, 0.25) is 0 Å². The van der Waals surface area contributed by atoms with Crippen molar-refractivity contribution in [1.29, 1.82) is 0 Å². The number of hydrazone groups is 1. The van der Waals surface area contributed by atoms with Gasteiger partial charge in [0.25, 0.3) is 17.4 Å². The van der Waals surface area contributed by atoms with Gasteiger partial charge in [0.05, 0.1) is 23.9 Å². The van der Waals surface area contributed by atoms with Gasteiger partial charge in [-0.3, -0.25) is 14.4 Å². The topological polar surface area (TPSA) is 103 Å². The first-order valence-corrected chi connectivity index (χ1v) is 9.09. The number of carbonyl (C=O) groups excluding carboxylic acids is 2. The van der Waals surface area contributed by atoms with Crippen LogP contribution in [0.3, 0.4) is 0 Å². The molecular formula is C19H15IN4O3. The number of carbonyl (C=O) groups is 2. The maximum absolute atomic E-state index is 12.1. The molecule has 3 aromatic rings. The molecule has 2 amide bonds. The van der Waals surface area contributed by atoms with E-state index in [9.17, 15) is 14.4 Å². The fourth-order valence-electron chi connectivity index (χ4n) is 2.37. The highest BCUT2D eigenvalue weighted by molar-refractivity contribution is 14.1. The molecule has 0 saturated carbocycles. The SMILES string of the molecule is O=C(CNC(=O)c1ccccc1I)N/N=C\c1cc2ccccc2[nH]c1=O. The number of H-pyrrole nitrogens is 1. The Hall–Kier alpha value is -3.01. The van der Waals surface area contributed by atoms with Gasteiger partial charge >= 0.3 is 0 Å². The zero-order chi connectivity index (χ0) is 19.2. The lowest BCUT2D eigenvalue weighted by atomic mass is 10.2. The number of halogens is 1. The van der Waals surface area contributed by atoms with E-state index in [1.54, 1.807) is 30.3 Å². The Morgan fingerprint density at radius 1 is 1.11 bits per heavy atom. The molecular weight excluding hydrogens is 459 g/mol. The lowest BCUT2D eigenvalue weighted by Crippen LogP contribution is -2.35. The van der Waals surface area contributed by atoms with Crippen molar-refractivity contribution in [3.05, 3.63) is 79.6 Å². The van der Waals surface area contributed by atoms with Gasteiger partial charge in [-0.25, -0.2) is 5.43 Å². The van der Waals surface area contributed by atoms with Crippen LogP contribution in [-0.4, -0.2) is 29.6 Å². The van der Waals surface area contributed by atoms with E-state index in [0.29, 0.717) is 11.1 Å². The number of hydrogen-bond acceptors (Lipinski definition) is 4. The molecule has 136 valence electrons. The Kier molecular flexibility index (Phi) is 5.97. The maximum Gasteiger partial charge on any atom is 0.259 e. The van der Waals surface area contributed by atoms with Gasteiger partial charge in [-0.1, -0.05) is 30.3 Å². The number of para-hydroxylation sites is 1. The molecule has 3 rings (SSSR count). The van der Waals surface area contributed by atoms with Gasteiger partial charge in [-0.05, 0) is 52.2 Å². The van der Waals surface area contributed by atoms with Crippen molar-refractivity contribution in [3.8, 4) is 0 Å². The summed E-state index contributed by atoms with van der Waals surface area (Å²) in [6.45, 7) is -0.227. The molecule has 0 unspecified atom stereocenters. The fourth-order valence-corrected chi connectivity index (χ4v) is 3.01. The number of amides is 2. The molecule has 8 heteroatoms. The van der Waals surface area contributed by atoms with Gasteiger partial charge in [0.15, 0.2) is 0 Å². The second kappa shape index (κ2) is 8.58. The third kappa shape index (κ3) is 4.79. The first-order valence-electron chi connectivity index (χ1n) is 8.01. The number of pyridine rings is 1. The summed E-state index contributed by atoms with van der Waals surface area (Å²) in [5, 5.41) is 7.16. The molecule has 3 N–H and O–H groups in total. The molecule has 1 aromatic heterocycles. The number of nitrogens with zero attached hydrogens (tertiary/aromatic N) is 1. The molecule has 0 aliphatic carbocycles. The second-order valence-electron chi connectivity index (χ2n) is 5.60. The number of hydrogen-bond donors (Lipinski definition) is 3. The van der Waals surface area contributed by atoms with Crippen molar-refractivity contribution in [2.75, 3.05) is 6.54 Å². The van der Waals surface area contributed by atoms with Crippen molar-refractivity contribution >= 4 is 51.5 Å². The Labute approximate surface area is 168 Å². The molecule has 0 saturated heterocycles. The highest BCUT2D eigenvalue weighted by Gasteiger charge is 2.10. The van der Waals surface area contributed by atoms with E-state index in [4.69, 9.17) is 0 Å². The zero-order valence-electron chi connectivity index (χ0n) is 14.0. The summed E-state index contributed by atoms with van der Waals surface area (Å²) in [6, 6.07) is 16.1. The van der Waals surface area contributed by atoms with E-state index in [2.05, 4.69) is 43.4 Å². The van der Waals surface area contributed by atoms with Crippen molar-refractivity contribution in [3.63, 3.8) is 0 Å². The van der Waals surface area contributed by atoms with Crippen LogP contribution in [0.15, 0.2) is 64.5 Å². The standard InChI is InChI=1S/C19H15IN4O3/c20-15-7-3-2-6-14(15)19(27)21-11-17(25)24-22-10-13-9-12-5-1-4-8-16(12)23-18(13)26/h1-10H,11H2,(H,21,27)(H,23,26)(H,24,25)/b22-10-. The number of aromatic nitrogens is 1. The number of aromatic amines is 1. The van der Waals surface area contributed by atoms with Gasteiger partial charge in [0, 0.05) is 9.09 Å². The minimum Gasteiger partial charge on any atom is -0.343 e. The van der Waals surface area contributed by atoms with Gasteiger partial charge < -0.3 is 10.3 Å². The van der Waals surface area contributed by atoms with Crippen LogP contribution >= 0.6 is 22.6 Å². The van der Waals surface area contributed by atoms with Crippen LogP contribution in [0.5, 0.6) is 0 Å². The van der Waals surface area contributed by atoms with Gasteiger partial charge in [0.1, 0.15) is 0 Å². The predicted molar refractivity (Wildman–Crippen MR) is 112 cm³/mol. The summed E-state index contributed by atoms with van der Waals surface area (Å²) in [6.07, 6.45) is 1.27. The molecule has 27 heavy (non-hydrogen) atoms. The predicted octanol–water partition coefficient (Wildman–Crippen LogP) is 2.01. The average Bonchev–Trinajstić information content (AvgIpc) is 2.67. The Balaban J connectivity index is 1.58. The van der Waals surface area contributed by atoms with Crippen LogP contribution in [0.4, 0.5) is 0 Å². The molecule has 0 atom stereocenters. The van der Waals surface area contributed by atoms with Crippen molar-refractivity contribution in [1.82, 2.24) is 15.7 Å². The van der Waals surface area contributed by atoms with E-state index in [1.807, 2.05) is 24.3 Å². The molecule has 0 aliphatic heterocycles. The molecule has 0 spiro atoms. The van der Waals surface area contributed by atoms with E-state index in [1.165, 1.54) is 6.21 Å². The number of fused-ring (bicyclic) bond motifs is 1. The Morgan fingerprint density at radius 3 is 2.67 bits per heavy atom. The number of nitrogens with one attached hydrogen (secondary N) is 3. The molecule has 0 bridgehead atoms. The summed E-state index contributed by atoms with van der Waals surface area (Å²) in [7, 11) is 0. The molecule has 1 heterocycles. The monoisotopic (exact) mass is 474 g/mol. The third-order valence-corrected chi connectivity index (χ3v) is 4.64. The maximum atomic E-state index is 12.1. The van der Waals surface area contributed by atoms with Crippen LogP contribution < -0.4 is 16.3 Å². The fraction of sp³-hybridized carbons (Fsp3) is 0.0526. The molecule has 0 fully saturated rings. The molecule has 0 aliphatic rings. The summed E-state index contributed by atoms with van der Waals surface area (Å²) < 4.78 is 0.793. The number of rotatable bonds is 5. The zero-order valence-corrected chi connectivity index (χ0v) is 16.2. The highest BCUT2D eigenvalue weighted by Crippen LogP contribution is 2.11. The quantitative estimate of drug-likeness (QED) is 0.300. The molecule has 2 aromatic carbocycles. The largest absolute Gasteiger partial charge is 0.343 e. The van der Waals surface area contributed by atoms with Crippen LogP contribution in [0.2, 0.25) is 0 Å². The van der Waals surface area contributed by atoms with Gasteiger partial charge in [-0.15, -0.1) is 0 Å². The third-order valence-electron chi connectivity index (χ3n) is 3.70. The first kappa shape index (κ1) is 18.8. The van der Waals surface area contributed by atoms with Crippen molar-refractivity contribution in [2.45, 2.75) is 0 Å². The molecule has 0 radical (unpaired) electrons. The van der Waals surface area contributed by atoms with Gasteiger partial charge in [-0.2, -0.15) is 5.10 Å².